The molecular weight excluding hydrogens is 290 g/mol. The van der Waals surface area contributed by atoms with Crippen molar-refractivity contribution in [2.45, 2.75) is 38.6 Å². The molecule has 2 aliphatic rings. The Morgan fingerprint density at radius 2 is 2.04 bits per heavy atom. The molecule has 3 rings (SSSR count). The second-order valence-electron chi connectivity index (χ2n) is 6.42. The molecule has 23 heavy (non-hydrogen) atoms. The number of hydrogen-bond donors (Lipinski definition) is 2. The monoisotopic (exact) mass is 315 g/mol. The van der Waals surface area contributed by atoms with E-state index >= 15 is 0 Å². The Morgan fingerprint density at radius 3 is 2.78 bits per heavy atom. The standard InChI is InChI=1S/C18H25N3O2/c1-2-13-5-3-4-6-16(13)21-12-14(11-17(21)22)18(23)20-15-7-9-19-10-8-15/h3-6,14-15,19H,2,7-12H2,1H3,(H,20,23). The van der Waals surface area contributed by atoms with Gasteiger partial charge in [-0.3, -0.25) is 9.59 Å². The molecule has 2 heterocycles. The fourth-order valence-electron chi connectivity index (χ4n) is 3.47. The maximum absolute atomic E-state index is 12.5. The maximum Gasteiger partial charge on any atom is 0.227 e. The average molecular weight is 315 g/mol. The Labute approximate surface area is 137 Å². The highest BCUT2D eigenvalue weighted by Gasteiger charge is 2.36. The molecule has 2 fully saturated rings. The van der Waals surface area contributed by atoms with Crippen molar-refractivity contribution in [3.8, 4) is 0 Å². The Balaban J connectivity index is 1.66. The zero-order valence-corrected chi connectivity index (χ0v) is 13.7. The summed E-state index contributed by atoms with van der Waals surface area (Å²) >= 11 is 0. The van der Waals surface area contributed by atoms with Gasteiger partial charge in [-0.05, 0) is 44.0 Å². The summed E-state index contributed by atoms with van der Waals surface area (Å²) in [5.41, 5.74) is 2.11. The van der Waals surface area contributed by atoms with Gasteiger partial charge in [-0.15, -0.1) is 0 Å². The largest absolute Gasteiger partial charge is 0.353 e. The lowest BCUT2D eigenvalue weighted by Gasteiger charge is -2.25. The summed E-state index contributed by atoms with van der Waals surface area (Å²) in [6.45, 7) is 4.47. The first kappa shape index (κ1) is 16.0. The molecule has 5 nitrogen and oxygen atoms in total. The number of nitrogens with one attached hydrogen (secondary N) is 2. The number of rotatable bonds is 4. The van der Waals surface area contributed by atoms with Crippen molar-refractivity contribution in [3.63, 3.8) is 0 Å². The average Bonchev–Trinajstić information content (AvgIpc) is 2.97. The van der Waals surface area contributed by atoms with Crippen LogP contribution in [-0.4, -0.2) is 37.5 Å². The van der Waals surface area contributed by atoms with Gasteiger partial charge < -0.3 is 15.5 Å². The van der Waals surface area contributed by atoms with Crippen LogP contribution < -0.4 is 15.5 Å². The minimum atomic E-state index is -0.234. The molecule has 5 heteroatoms. The van der Waals surface area contributed by atoms with Crippen molar-refractivity contribution in [3.05, 3.63) is 29.8 Å². The zero-order chi connectivity index (χ0) is 16.2. The van der Waals surface area contributed by atoms with E-state index in [0.29, 0.717) is 13.0 Å². The van der Waals surface area contributed by atoms with Gasteiger partial charge in [0.05, 0.1) is 5.92 Å². The van der Waals surface area contributed by atoms with Crippen LogP contribution in [0, 0.1) is 5.92 Å². The van der Waals surface area contributed by atoms with Crippen molar-refractivity contribution >= 4 is 17.5 Å². The normalized spacial score (nSPS) is 22.4. The van der Waals surface area contributed by atoms with Crippen LogP contribution >= 0.6 is 0 Å². The number of carbonyl (C=O) groups excluding carboxylic acids is 2. The van der Waals surface area contributed by atoms with Crippen molar-refractivity contribution in [2.75, 3.05) is 24.5 Å². The van der Waals surface area contributed by atoms with Gasteiger partial charge in [-0.2, -0.15) is 0 Å². The van der Waals surface area contributed by atoms with Crippen LogP contribution in [0.4, 0.5) is 5.69 Å². The lowest BCUT2D eigenvalue weighted by atomic mass is 10.0. The van der Waals surface area contributed by atoms with E-state index in [9.17, 15) is 9.59 Å². The fourth-order valence-corrected chi connectivity index (χ4v) is 3.47. The molecule has 0 aliphatic carbocycles. The Bertz CT molecular complexity index is 581. The predicted molar refractivity (Wildman–Crippen MR) is 90.3 cm³/mol. The number of carbonyl (C=O) groups is 2. The second kappa shape index (κ2) is 7.13. The molecule has 2 amide bonds. The van der Waals surface area contributed by atoms with Gasteiger partial charge in [0, 0.05) is 24.7 Å². The molecule has 0 saturated carbocycles. The van der Waals surface area contributed by atoms with E-state index in [2.05, 4.69) is 17.6 Å². The highest BCUT2D eigenvalue weighted by Crippen LogP contribution is 2.28. The third-order valence-electron chi connectivity index (χ3n) is 4.84. The van der Waals surface area contributed by atoms with Gasteiger partial charge in [0.15, 0.2) is 0 Å². The minimum Gasteiger partial charge on any atom is -0.353 e. The fraction of sp³-hybridized carbons (Fsp3) is 0.556. The molecule has 124 valence electrons. The van der Waals surface area contributed by atoms with E-state index in [1.165, 1.54) is 0 Å². The molecule has 0 bridgehead atoms. The number of benzene rings is 1. The van der Waals surface area contributed by atoms with E-state index in [1.807, 2.05) is 24.3 Å². The lowest BCUT2D eigenvalue weighted by molar-refractivity contribution is -0.127. The molecule has 2 aliphatic heterocycles. The molecule has 1 aromatic carbocycles. The summed E-state index contributed by atoms with van der Waals surface area (Å²) < 4.78 is 0. The van der Waals surface area contributed by atoms with Crippen LogP contribution in [0.3, 0.4) is 0 Å². The van der Waals surface area contributed by atoms with E-state index < -0.39 is 0 Å². The summed E-state index contributed by atoms with van der Waals surface area (Å²) in [5.74, 6) is -0.152. The van der Waals surface area contributed by atoms with Crippen LogP contribution in [-0.2, 0) is 16.0 Å². The summed E-state index contributed by atoms with van der Waals surface area (Å²) in [5, 5.41) is 6.42. The number of para-hydroxylation sites is 1. The van der Waals surface area contributed by atoms with Gasteiger partial charge in [0.1, 0.15) is 0 Å². The van der Waals surface area contributed by atoms with E-state index in [1.54, 1.807) is 4.90 Å². The second-order valence-corrected chi connectivity index (χ2v) is 6.42. The van der Waals surface area contributed by atoms with Crippen molar-refractivity contribution in [2.24, 2.45) is 5.92 Å². The Kier molecular flexibility index (Phi) is 4.96. The van der Waals surface area contributed by atoms with Gasteiger partial charge in [-0.1, -0.05) is 25.1 Å². The molecule has 1 unspecified atom stereocenters. The van der Waals surface area contributed by atoms with Crippen molar-refractivity contribution < 1.29 is 9.59 Å². The molecule has 1 atom stereocenters. The van der Waals surface area contributed by atoms with Gasteiger partial charge in [-0.25, -0.2) is 0 Å². The minimum absolute atomic E-state index is 0.0294. The van der Waals surface area contributed by atoms with Gasteiger partial charge >= 0.3 is 0 Å². The number of anilines is 1. The summed E-state index contributed by atoms with van der Waals surface area (Å²) in [7, 11) is 0. The van der Waals surface area contributed by atoms with Crippen LogP contribution in [0.15, 0.2) is 24.3 Å². The first-order chi connectivity index (χ1) is 11.2. The summed E-state index contributed by atoms with van der Waals surface area (Å²) in [4.78, 5) is 26.6. The first-order valence-electron chi connectivity index (χ1n) is 8.58. The molecule has 2 N–H and O–H groups in total. The highest BCUT2D eigenvalue weighted by atomic mass is 16.2. The van der Waals surface area contributed by atoms with E-state index in [-0.39, 0.29) is 23.8 Å². The molecular formula is C18H25N3O2. The Morgan fingerprint density at radius 1 is 1.30 bits per heavy atom. The maximum atomic E-state index is 12.5. The summed E-state index contributed by atoms with van der Waals surface area (Å²) in [6.07, 6.45) is 3.13. The molecule has 0 spiro atoms. The number of nitrogens with zero attached hydrogens (tertiary/aromatic N) is 1. The van der Waals surface area contributed by atoms with Crippen LogP contribution in [0.1, 0.15) is 31.7 Å². The molecule has 0 aromatic heterocycles. The topological polar surface area (TPSA) is 61.4 Å². The lowest BCUT2D eigenvalue weighted by Crippen LogP contribution is -2.45. The highest BCUT2D eigenvalue weighted by molar-refractivity contribution is 6.00. The Hall–Kier alpha value is -1.88. The molecule has 1 aromatic rings. The predicted octanol–water partition coefficient (Wildman–Crippen LogP) is 1.47. The van der Waals surface area contributed by atoms with Gasteiger partial charge in [0.25, 0.3) is 0 Å². The van der Waals surface area contributed by atoms with Crippen LogP contribution in [0.5, 0.6) is 0 Å². The summed E-state index contributed by atoms with van der Waals surface area (Å²) in [6, 6.07) is 8.21. The first-order valence-corrected chi connectivity index (χ1v) is 8.58. The third kappa shape index (κ3) is 3.55. The third-order valence-corrected chi connectivity index (χ3v) is 4.84. The van der Waals surface area contributed by atoms with Crippen molar-refractivity contribution in [1.29, 1.82) is 0 Å². The zero-order valence-electron chi connectivity index (χ0n) is 13.7. The number of hydrogen-bond acceptors (Lipinski definition) is 3. The number of amides is 2. The van der Waals surface area contributed by atoms with Crippen molar-refractivity contribution in [1.82, 2.24) is 10.6 Å². The SMILES string of the molecule is CCc1ccccc1N1CC(C(=O)NC2CCNCC2)CC1=O. The molecule has 2 saturated heterocycles. The number of aryl methyl sites for hydroxylation is 1. The number of piperidine rings is 1. The van der Waals surface area contributed by atoms with Crippen LogP contribution in [0.2, 0.25) is 0 Å². The smallest absolute Gasteiger partial charge is 0.227 e. The van der Waals surface area contributed by atoms with E-state index in [4.69, 9.17) is 0 Å². The molecule has 0 radical (unpaired) electrons. The van der Waals surface area contributed by atoms with E-state index in [0.717, 1.165) is 43.6 Å². The van der Waals surface area contributed by atoms with Gasteiger partial charge in [0.2, 0.25) is 11.8 Å². The quantitative estimate of drug-likeness (QED) is 0.884. The van der Waals surface area contributed by atoms with Crippen LogP contribution in [0.25, 0.3) is 0 Å².